The molecule has 2 aromatic rings. The van der Waals surface area contributed by atoms with Gasteiger partial charge in [0.15, 0.2) is 5.96 Å². The zero-order valence-electron chi connectivity index (χ0n) is 15.3. The molecule has 0 aliphatic carbocycles. The number of guanidine groups is 1. The Morgan fingerprint density at radius 1 is 1.24 bits per heavy atom. The Hall–Kier alpha value is -2.81. The number of rotatable bonds is 5. The lowest BCUT2D eigenvalue weighted by atomic mass is 9.94. The standard InChI is InChI=1S/C19H25N5O/c1-5-21-18(23-11-15-8-6-14(10-20)7-9-15)24-13-17-22-12-16(25-17)19(2,3)4/h6-9,12H,5,11,13H2,1-4H3,(H2,21,23,24). The Balaban J connectivity index is 1.97. The van der Waals surface area contributed by atoms with Crippen molar-refractivity contribution < 1.29 is 4.42 Å². The van der Waals surface area contributed by atoms with Crippen LogP contribution < -0.4 is 10.6 Å². The third-order valence-electron chi connectivity index (χ3n) is 3.55. The number of aromatic nitrogens is 1. The molecule has 0 fully saturated rings. The molecule has 6 heteroatoms. The van der Waals surface area contributed by atoms with Gasteiger partial charge >= 0.3 is 0 Å². The van der Waals surface area contributed by atoms with E-state index in [1.165, 1.54) is 0 Å². The summed E-state index contributed by atoms with van der Waals surface area (Å²) in [5.74, 6) is 2.19. The van der Waals surface area contributed by atoms with Gasteiger partial charge in [0.2, 0.25) is 5.89 Å². The zero-order chi connectivity index (χ0) is 18.3. The summed E-state index contributed by atoms with van der Waals surface area (Å²) in [5.41, 5.74) is 1.64. The molecule has 25 heavy (non-hydrogen) atoms. The summed E-state index contributed by atoms with van der Waals surface area (Å²) >= 11 is 0. The van der Waals surface area contributed by atoms with Gasteiger partial charge in [0.1, 0.15) is 5.76 Å². The minimum atomic E-state index is -0.0561. The van der Waals surface area contributed by atoms with Gasteiger partial charge in [0.05, 0.1) is 30.9 Å². The average Bonchev–Trinajstić information content (AvgIpc) is 3.07. The van der Waals surface area contributed by atoms with Crippen molar-refractivity contribution in [1.29, 1.82) is 5.26 Å². The van der Waals surface area contributed by atoms with E-state index in [0.717, 1.165) is 17.9 Å². The molecule has 0 saturated carbocycles. The lowest BCUT2D eigenvalue weighted by Crippen LogP contribution is -2.36. The number of nitrogens with one attached hydrogen (secondary N) is 2. The summed E-state index contributed by atoms with van der Waals surface area (Å²) in [6, 6.07) is 9.53. The number of nitrogens with zero attached hydrogens (tertiary/aromatic N) is 3. The van der Waals surface area contributed by atoms with Crippen LogP contribution in [0.15, 0.2) is 39.9 Å². The van der Waals surface area contributed by atoms with Crippen molar-refractivity contribution >= 4 is 5.96 Å². The van der Waals surface area contributed by atoms with E-state index in [9.17, 15) is 0 Å². The third-order valence-corrected chi connectivity index (χ3v) is 3.55. The van der Waals surface area contributed by atoms with E-state index in [1.54, 1.807) is 18.3 Å². The molecule has 0 aliphatic rings. The lowest BCUT2D eigenvalue weighted by Gasteiger charge is -2.13. The van der Waals surface area contributed by atoms with E-state index in [0.29, 0.717) is 30.5 Å². The van der Waals surface area contributed by atoms with Crippen molar-refractivity contribution in [2.45, 2.75) is 46.2 Å². The van der Waals surface area contributed by atoms with Crippen LogP contribution in [-0.4, -0.2) is 17.5 Å². The van der Waals surface area contributed by atoms with Crippen LogP contribution in [0.5, 0.6) is 0 Å². The van der Waals surface area contributed by atoms with Gasteiger partial charge in [0.25, 0.3) is 0 Å². The maximum absolute atomic E-state index is 8.83. The van der Waals surface area contributed by atoms with Crippen LogP contribution in [0.2, 0.25) is 0 Å². The molecule has 0 bridgehead atoms. The zero-order valence-corrected chi connectivity index (χ0v) is 15.3. The predicted octanol–water partition coefficient (Wildman–Crippen LogP) is 3.10. The first-order valence-electron chi connectivity index (χ1n) is 8.38. The van der Waals surface area contributed by atoms with Gasteiger partial charge in [-0.3, -0.25) is 0 Å². The molecule has 2 rings (SSSR count). The largest absolute Gasteiger partial charge is 0.443 e. The second kappa shape index (κ2) is 8.34. The highest BCUT2D eigenvalue weighted by Crippen LogP contribution is 2.22. The molecule has 0 spiro atoms. The van der Waals surface area contributed by atoms with E-state index in [4.69, 9.17) is 9.68 Å². The van der Waals surface area contributed by atoms with E-state index in [2.05, 4.69) is 47.5 Å². The molecular weight excluding hydrogens is 314 g/mol. The summed E-state index contributed by atoms with van der Waals surface area (Å²) in [5, 5.41) is 15.3. The van der Waals surface area contributed by atoms with Crippen molar-refractivity contribution in [3.63, 3.8) is 0 Å². The number of benzene rings is 1. The van der Waals surface area contributed by atoms with Gasteiger partial charge in [-0.05, 0) is 24.6 Å². The first kappa shape index (κ1) is 18.5. The maximum atomic E-state index is 8.83. The van der Waals surface area contributed by atoms with Crippen LogP contribution in [0.4, 0.5) is 0 Å². The number of hydrogen-bond donors (Lipinski definition) is 2. The quantitative estimate of drug-likeness (QED) is 0.646. The fourth-order valence-electron chi connectivity index (χ4n) is 2.09. The maximum Gasteiger partial charge on any atom is 0.213 e. The normalized spacial score (nSPS) is 11.9. The Morgan fingerprint density at radius 3 is 2.52 bits per heavy atom. The molecule has 132 valence electrons. The average molecular weight is 339 g/mol. The molecule has 0 amide bonds. The first-order chi connectivity index (χ1) is 11.9. The topological polar surface area (TPSA) is 86.2 Å². The van der Waals surface area contributed by atoms with E-state index < -0.39 is 0 Å². The SMILES string of the molecule is CCNC(=NCc1ccc(C#N)cc1)NCc1ncc(C(C)(C)C)o1. The van der Waals surface area contributed by atoms with E-state index in [-0.39, 0.29) is 5.41 Å². The van der Waals surface area contributed by atoms with Crippen molar-refractivity contribution in [3.8, 4) is 6.07 Å². The summed E-state index contributed by atoms with van der Waals surface area (Å²) in [4.78, 5) is 8.86. The fourth-order valence-corrected chi connectivity index (χ4v) is 2.09. The third kappa shape index (κ3) is 5.64. The summed E-state index contributed by atoms with van der Waals surface area (Å²) in [6.45, 7) is 10.0. The van der Waals surface area contributed by atoms with Crippen LogP contribution in [0.1, 0.15) is 50.5 Å². The van der Waals surface area contributed by atoms with Crippen molar-refractivity contribution in [2.24, 2.45) is 4.99 Å². The molecule has 0 unspecified atom stereocenters. The van der Waals surface area contributed by atoms with Gasteiger partial charge in [-0.2, -0.15) is 5.26 Å². The number of nitriles is 1. The molecule has 0 saturated heterocycles. The van der Waals surface area contributed by atoms with Gasteiger partial charge in [0, 0.05) is 12.0 Å². The van der Waals surface area contributed by atoms with Gasteiger partial charge in [-0.1, -0.05) is 32.9 Å². The summed E-state index contributed by atoms with van der Waals surface area (Å²) in [7, 11) is 0. The van der Waals surface area contributed by atoms with Crippen LogP contribution in [0.25, 0.3) is 0 Å². The highest BCUT2D eigenvalue weighted by Gasteiger charge is 2.19. The minimum absolute atomic E-state index is 0.0561. The van der Waals surface area contributed by atoms with Crippen LogP contribution in [0.3, 0.4) is 0 Å². The molecule has 0 aliphatic heterocycles. The highest BCUT2D eigenvalue weighted by atomic mass is 16.4. The first-order valence-corrected chi connectivity index (χ1v) is 8.38. The van der Waals surface area contributed by atoms with Crippen LogP contribution in [-0.2, 0) is 18.5 Å². The molecule has 2 N–H and O–H groups in total. The van der Waals surface area contributed by atoms with E-state index >= 15 is 0 Å². The monoisotopic (exact) mass is 339 g/mol. The smallest absolute Gasteiger partial charge is 0.213 e. The van der Waals surface area contributed by atoms with Gasteiger partial charge in [-0.25, -0.2) is 9.98 Å². The molecule has 6 nitrogen and oxygen atoms in total. The summed E-state index contributed by atoms with van der Waals surface area (Å²) in [6.07, 6.45) is 1.78. The fraction of sp³-hybridized carbons (Fsp3) is 0.421. The number of hydrogen-bond acceptors (Lipinski definition) is 4. The van der Waals surface area contributed by atoms with Crippen LogP contribution >= 0.6 is 0 Å². The molecular formula is C19H25N5O. The number of oxazole rings is 1. The molecule has 1 aromatic heterocycles. The van der Waals surface area contributed by atoms with Gasteiger partial charge < -0.3 is 15.1 Å². The Labute approximate surface area is 149 Å². The van der Waals surface area contributed by atoms with Crippen molar-refractivity contribution in [1.82, 2.24) is 15.6 Å². The molecule has 1 aromatic carbocycles. The number of aliphatic imine (C=N–C) groups is 1. The Kier molecular flexibility index (Phi) is 6.18. The highest BCUT2D eigenvalue weighted by molar-refractivity contribution is 5.79. The van der Waals surface area contributed by atoms with E-state index in [1.807, 2.05) is 19.1 Å². The van der Waals surface area contributed by atoms with Crippen LogP contribution in [0, 0.1) is 11.3 Å². The van der Waals surface area contributed by atoms with Crippen molar-refractivity contribution in [2.75, 3.05) is 6.54 Å². The Bertz CT molecular complexity index is 747. The van der Waals surface area contributed by atoms with Gasteiger partial charge in [-0.15, -0.1) is 0 Å². The summed E-state index contributed by atoms with van der Waals surface area (Å²) < 4.78 is 5.78. The molecule has 0 atom stereocenters. The molecule has 1 heterocycles. The molecule has 0 radical (unpaired) electrons. The Morgan fingerprint density at radius 2 is 1.96 bits per heavy atom. The second-order valence-electron chi connectivity index (χ2n) is 6.73. The predicted molar refractivity (Wildman–Crippen MR) is 98.0 cm³/mol. The second-order valence-corrected chi connectivity index (χ2v) is 6.73. The lowest BCUT2D eigenvalue weighted by molar-refractivity contribution is 0.379. The minimum Gasteiger partial charge on any atom is -0.443 e. The van der Waals surface area contributed by atoms with Crippen molar-refractivity contribution in [3.05, 3.63) is 53.2 Å².